The van der Waals surface area contributed by atoms with Gasteiger partial charge in [0, 0.05) is 5.56 Å². The zero-order chi connectivity index (χ0) is 21.0. The predicted octanol–water partition coefficient (Wildman–Crippen LogP) is 0.848. The second kappa shape index (κ2) is 8.16. The number of para-hydroxylation sites is 1. The Hall–Kier alpha value is -4.29. The number of nitrogens with two attached hydrogens (primary N) is 4. The lowest BCUT2D eigenvalue weighted by Gasteiger charge is -2.18. The molecule has 0 fully saturated rings. The molecule has 4 amide bonds. The molecule has 3 rings (SSSR count). The van der Waals surface area contributed by atoms with Crippen LogP contribution in [0.15, 0.2) is 54.6 Å². The van der Waals surface area contributed by atoms with Crippen molar-refractivity contribution in [1.82, 2.24) is 15.2 Å². The molecule has 0 atom stereocenters. The summed E-state index contributed by atoms with van der Waals surface area (Å²) in [6.45, 7) is 0. The van der Waals surface area contributed by atoms with Crippen molar-refractivity contribution in [2.24, 2.45) is 23.2 Å². The lowest BCUT2D eigenvalue weighted by molar-refractivity contribution is 0.253. The van der Waals surface area contributed by atoms with Gasteiger partial charge in [0.25, 0.3) is 5.95 Å². The van der Waals surface area contributed by atoms with E-state index >= 15 is 0 Å². The Balaban J connectivity index is 1.96. The Labute approximate surface area is 164 Å². The molecule has 148 valence electrons. The van der Waals surface area contributed by atoms with Crippen LogP contribution in [0.25, 0.3) is 11.3 Å². The maximum Gasteiger partial charge on any atom is 0.336 e. The molecule has 3 aromatic rings. The standard InChI is InChI=1S/C17H17N9O3/c18-15(27)25(20)14-13(23-24-17(22-14)26(21)16(19)28)10-6-8-12(9-7-10)29-11-4-2-1-3-5-11/h1-9H,20-21H2,(H2,18,27)(H2,19,28). The molecule has 0 aliphatic heterocycles. The number of urea groups is 2. The number of ether oxygens (including phenoxy) is 1. The number of nitrogens with zero attached hydrogens (tertiary/aromatic N) is 5. The minimum atomic E-state index is -1.03. The molecule has 8 N–H and O–H groups in total. The van der Waals surface area contributed by atoms with Crippen molar-refractivity contribution < 1.29 is 14.3 Å². The summed E-state index contributed by atoms with van der Waals surface area (Å²) < 4.78 is 5.73. The lowest BCUT2D eigenvalue weighted by Crippen LogP contribution is -2.45. The van der Waals surface area contributed by atoms with Crippen LogP contribution in [-0.2, 0) is 0 Å². The fourth-order valence-electron chi connectivity index (χ4n) is 2.27. The summed E-state index contributed by atoms with van der Waals surface area (Å²) in [5.41, 5.74) is 10.9. The third-order valence-corrected chi connectivity index (χ3v) is 3.68. The van der Waals surface area contributed by atoms with Gasteiger partial charge in [-0.25, -0.2) is 26.3 Å². The van der Waals surface area contributed by atoms with Gasteiger partial charge in [-0.3, -0.25) is 0 Å². The second-order valence-electron chi connectivity index (χ2n) is 5.64. The Morgan fingerprint density at radius 1 is 0.793 bits per heavy atom. The van der Waals surface area contributed by atoms with Gasteiger partial charge in [-0.2, -0.15) is 9.99 Å². The molecule has 0 aliphatic rings. The van der Waals surface area contributed by atoms with Gasteiger partial charge >= 0.3 is 12.1 Å². The first-order valence-corrected chi connectivity index (χ1v) is 8.13. The summed E-state index contributed by atoms with van der Waals surface area (Å²) in [5.74, 6) is 11.9. The molecule has 0 spiro atoms. The van der Waals surface area contributed by atoms with Crippen LogP contribution in [0.1, 0.15) is 0 Å². The maximum atomic E-state index is 11.5. The van der Waals surface area contributed by atoms with E-state index in [2.05, 4.69) is 15.2 Å². The van der Waals surface area contributed by atoms with E-state index < -0.39 is 12.1 Å². The fourth-order valence-corrected chi connectivity index (χ4v) is 2.27. The van der Waals surface area contributed by atoms with Crippen molar-refractivity contribution in [2.45, 2.75) is 0 Å². The highest BCUT2D eigenvalue weighted by molar-refractivity contribution is 5.93. The molecule has 0 saturated heterocycles. The predicted molar refractivity (Wildman–Crippen MR) is 104 cm³/mol. The van der Waals surface area contributed by atoms with Crippen LogP contribution in [0.3, 0.4) is 0 Å². The van der Waals surface area contributed by atoms with Crippen molar-refractivity contribution in [2.75, 3.05) is 10.0 Å². The number of anilines is 2. The minimum Gasteiger partial charge on any atom is -0.457 e. The van der Waals surface area contributed by atoms with Gasteiger partial charge in [0.05, 0.1) is 0 Å². The zero-order valence-electron chi connectivity index (χ0n) is 15.0. The number of hydrogen-bond donors (Lipinski definition) is 4. The van der Waals surface area contributed by atoms with E-state index in [4.69, 9.17) is 27.9 Å². The monoisotopic (exact) mass is 395 g/mol. The number of hydrazine groups is 2. The van der Waals surface area contributed by atoms with Gasteiger partial charge in [-0.15, -0.1) is 10.2 Å². The van der Waals surface area contributed by atoms with Gasteiger partial charge in [0.2, 0.25) is 0 Å². The Morgan fingerprint density at radius 3 is 1.97 bits per heavy atom. The fraction of sp³-hybridized carbons (Fsp3) is 0. The van der Waals surface area contributed by atoms with Crippen LogP contribution in [0.5, 0.6) is 11.5 Å². The molecule has 12 nitrogen and oxygen atoms in total. The highest BCUT2D eigenvalue weighted by Crippen LogP contribution is 2.29. The summed E-state index contributed by atoms with van der Waals surface area (Å²) >= 11 is 0. The number of primary amides is 2. The summed E-state index contributed by atoms with van der Waals surface area (Å²) in [6, 6.07) is 13.9. The maximum absolute atomic E-state index is 11.5. The molecule has 0 radical (unpaired) electrons. The van der Waals surface area contributed by atoms with Gasteiger partial charge in [-0.1, -0.05) is 18.2 Å². The van der Waals surface area contributed by atoms with Gasteiger partial charge in [0.1, 0.15) is 17.2 Å². The lowest BCUT2D eigenvalue weighted by atomic mass is 10.1. The minimum absolute atomic E-state index is 0.124. The SMILES string of the molecule is NC(=O)N(N)c1nnc(-c2ccc(Oc3ccccc3)cc2)c(N(N)C(N)=O)n1. The van der Waals surface area contributed by atoms with E-state index in [0.29, 0.717) is 27.1 Å². The molecule has 2 aromatic carbocycles. The smallest absolute Gasteiger partial charge is 0.336 e. The molecule has 29 heavy (non-hydrogen) atoms. The summed E-state index contributed by atoms with van der Waals surface area (Å²) in [4.78, 5) is 26.7. The number of benzene rings is 2. The van der Waals surface area contributed by atoms with E-state index in [1.807, 2.05) is 30.3 Å². The molecule has 0 unspecified atom stereocenters. The molecule has 12 heteroatoms. The zero-order valence-corrected chi connectivity index (χ0v) is 15.0. The highest BCUT2D eigenvalue weighted by atomic mass is 16.5. The summed E-state index contributed by atoms with van der Waals surface area (Å²) in [7, 11) is 0. The van der Waals surface area contributed by atoms with Gasteiger partial charge < -0.3 is 16.2 Å². The van der Waals surface area contributed by atoms with Crippen LogP contribution < -0.4 is 37.9 Å². The first-order chi connectivity index (χ1) is 13.9. The van der Waals surface area contributed by atoms with Crippen molar-refractivity contribution in [3.05, 3.63) is 54.6 Å². The number of aromatic nitrogens is 3. The van der Waals surface area contributed by atoms with Crippen molar-refractivity contribution in [3.63, 3.8) is 0 Å². The van der Waals surface area contributed by atoms with E-state index in [9.17, 15) is 9.59 Å². The summed E-state index contributed by atoms with van der Waals surface area (Å²) in [5, 5.41) is 8.70. The second-order valence-corrected chi connectivity index (χ2v) is 5.64. The van der Waals surface area contributed by atoms with Crippen LogP contribution in [0, 0.1) is 0 Å². The first kappa shape index (κ1) is 19.5. The normalized spacial score (nSPS) is 10.3. The highest BCUT2D eigenvalue weighted by Gasteiger charge is 2.22. The average Bonchev–Trinajstić information content (AvgIpc) is 2.73. The average molecular weight is 395 g/mol. The quantitative estimate of drug-likeness (QED) is 0.277. The number of hydrogen-bond acceptors (Lipinski definition) is 8. The van der Waals surface area contributed by atoms with Crippen LogP contribution >= 0.6 is 0 Å². The Kier molecular flexibility index (Phi) is 5.48. The van der Waals surface area contributed by atoms with Crippen LogP contribution in [0.4, 0.5) is 21.4 Å². The van der Waals surface area contributed by atoms with Crippen LogP contribution in [0.2, 0.25) is 0 Å². The van der Waals surface area contributed by atoms with E-state index in [0.717, 1.165) is 0 Å². The van der Waals surface area contributed by atoms with E-state index in [1.165, 1.54) is 0 Å². The van der Waals surface area contributed by atoms with Crippen LogP contribution in [-0.4, -0.2) is 27.2 Å². The molecule has 0 bridgehead atoms. The molecule has 1 aromatic heterocycles. The third-order valence-electron chi connectivity index (χ3n) is 3.68. The largest absolute Gasteiger partial charge is 0.457 e. The van der Waals surface area contributed by atoms with Crippen molar-refractivity contribution in [1.29, 1.82) is 0 Å². The number of carbonyl (C=O) groups excluding carboxylic acids is 2. The molecule has 0 saturated carbocycles. The first-order valence-electron chi connectivity index (χ1n) is 8.13. The number of rotatable bonds is 5. The van der Waals surface area contributed by atoms with E-state index in [-0.39, 0.29) is 17.5 Å². The molecule has 0 aliphatic carbocycles. The van der Waals surface area contributed by atoms with E-state index in [1.54, 1.807) is 24.3 Å². The van der Waals surface area contributed by atoms with Gasteiger partial charge in [-0.05, 0) is 36.4 Å². The van der Waals surface area contributed by atoms with Crippen molar-refractivity contribution in [3.8, 4) is 22.8 Å². The Morgan fingerprint density at radius 2 is 1.38 bits per heavy atom. The molecular weight excluding hydrogens is 378 g/mol. The van der Waals surface area contributed by atoms with Crippen molar-refractivity contribution >= 4 is 23.8 Å². The Bertz CT molecular complexity index is 1030. The topological polar surface area (TPSA) is 193 Å². The summed E-state index contributed by atoms with van der Waals surface area (Å²) in [6.07, 6.45) is 0. The number of carbonyl (C=O) groups is 2. The molecular formula is C17H17N9O3. The van der Waals surface area contributed by atoms with Gasteiger partial charge in [0.15, 0.2) is 5.82 Å². The third kappa shape index (κ3) is 4.35. The number of amides is 4. The molecule has 1 heterocycles.